The van der Waals surface area contributed by atoms with Crippen molar-refractivity contribution in [2.45, 2.75) is 38.8 Å². The topological polar surface area (TPSA) is 41.6 Å². The smallest absolute Gasteiger partial charge is 0.233 e. The molecule has 0 unspecified atom stereocenters. The Bertz CT molecular complexity index is 171. The maximum atomic E-state index is 10.7. The number of carbonyl (C=O) groups excluding carboxylic acids is 1. The van der Waals surface area contributed by atoms with E-state index in [0.717, 1.165) is 25.9 Å². The van der Waals surface area contributed by atoms with Gasteiger partial charge in [-0.15, -0.1) is 0 Å². The van der Waals surface area contributed by atoms with Gasteiger partial charge in [0.15, 0.2) is 0 Å². The Morgan fingerprint density at radius 1 is 1.54 bits per heavy atom. The summed E-state index contributed by atoms with van der Waals surface area (Å²) in [4.78, 5) is 16.2. The number of hydrogen-bond donors (Lipinski definition) is 1. The highest BCUT2D eigenvalue weighted by molar-refractivity contribution is 5.46. The van der Waals surface area contributed by atoms with Crippen molar-refractivity contribution in [2.24, 2.45) is 0 Å². The quantitative estimate of drug-likeness (QED) is 0.516. The SMILES string of the molecule is CC(C)(C)ON(C=O)[C@H]1CCNC1. The number of rotatable bonds is 3. The summed E-state index contributed by atoms with van der Waals surface area (Å²) >= 11 is 0. The van der Waals surface area contributed by atoms with Crippen LogP contribution in [0.3, 0.4) is 0 Å². The van der Waals surface area contributed by atoms with E-state index in [-0.39, 0.29) is 11.6 Å². The summed E-state index contributed by atoms with van der Waals surface area (Å²) in [5, 5.41) is 4.62. The van der Waals surface area contributed by atoms with Crippen molar-refractivity contribution < 1.29 is 9.63 Å². The van der Waals surface area contributed by atoms with Crippen LogP contribution >= 0.6 is 0 Å². The zero-order valence-electron chi connectivity index (χ0n) is 8.54. The molecule has 0 aromatic carbocycles. The van der Waals surface area contributed by atoms with E-state index in [2.05, 4.69) is 5.32 Å². The van der Waals surface area contributed by atoms with Gasteiger partial charge in [-0.1, -0.05) is 0 Å². The Hall–Kier alpha value is -0.610. The molecule has 4 heteroatoms. The van der Waals surface area contributed by atoms with Gasteiger partial charge in [0.25, 0.3) is 0 Å². The van der Waals surface area contributed by atoms with Gasteiger partial charge in [-0.25, -0.2) is 5.06 Å². The summed E-state index contributed by atoms with van der Waals surface area (Å²) in [5.74, 6) is 0. The summed E-state index contributed by atoms with van der Waals surface area (Å²) in [6.07, 6.45) is 1.73. The third-order valence-corrected chi connectivity index (χ3v) is 1.88. The average molecular weight is 186 g/mol. The minimum Gasteiger partial charge on any atom is -0.315 e. The number of hydroxylamine groups is 2. The highest BCUT2D eigenvalue weighted by atomic mass is 16.7. The van der Waals surface area contributed by atoms with Crippen LogP contribution < -0.4 is 5.32 Å². The van der Waals surface area contributed by atoms with Crippen molar-refractivity contribution >= 4 is 6.41 Å². The van der Waals surface area contributed by atoms with Crippen LogP contribution in [-0.2, 0) is 9.63 Å². The first kappa shape index (κ1) is 10.5. The zero-order valence-corrected chi connectivity index (χ0v) is 8.54. The van der Waals surface area contributed by atoms with Gasteiger partial charge in [0.1, 0.15) is 0 Å². The molecule has 0 aromatic heterocycles. The van der Waals surface area contributed by atoms with Gasteiger partial charge in [-0.2, -0.15) is 0 Å². The fourth-order valence-corrected chi connectivity index (χ4v) is 1.35. The molecule has 13 heavy (non-hydrogen) atoms. The molecule has 1 fully saturated rings. The third kappa shape index (κ3) is 3.32. The molecule has 0 saturated carbocycles. The van der Waals surface area contributed by atoms with Crippen molar-refractivity contribution in [1.82, 2.24) is 10.4 Å². The molecule has 1 amide bonds. The van der Waals surface area contributed by atoms with E-state index in [4.69, 9.17) is 4.84 Å². The van der Waals surface area contributed by atoms with E-state index < -0.39 is 0 Å². The Morgan fingerprint density at radius 2 is 2.23 bits per heavy atom. The van der Waals surface area contributed by atoms with Gasteiger partial charge in [0.05, 0.1) is 11.6 Å². The summed E-state index contributed by atoms with van der Waals surface area (Å²) in [7, 11) is 0. The first-order valence-corrected chi connectivity index (χ1v) is 4.66. The van der Waals surface area contributed by atoms with Crippen molar-refractivity contribution in [3.8, 4) is 0 Å². The van der Waals surface area contributed by atoms with Crippen molar-refractivity contribution in [2.75, 3.05) is 13.1 Å². The number of nitrogens with one attached hydrogen (secondary N) is 1. The average Bonchev–Trinajstić information content (AvgIpc) is 2.50. The van der Waals surface area contributed by atoms with E-state index >= 15 is 0 Å². The molecule has 1 saturated heterocycles. The molecule has 1 aliphatic rings. The zero-order chi connectivity index (χ0) is 9.90. The summed E-state index contributed by atoms with van der Waals surface area (Å²) in [5.41, 5.74) is -0.302. The molecule has 1 rings (SSSR count). The van der Waals surface area contributed by atoms with Crippen LogP contribution in [0.5, 0.6) is 0 Å². The van der Waals surface area contributed by atoms with Crippen molar-refractivity contribution in [3.63, 3.8) is 0 Å². The Labute approximate surface area is 79.2 Å². The molecule has 76 valence electrons. The van der Waals surface area contributed by atoms with E-state index in [1.54, 1.807) is 0 Å². The monoisotopic (exact) mass is 186 g/mol. The minimum atomic E-state index is -0.302. The normalized spacial score (nSPS) is 23.2. The van der Waals surface area contributed by atoms with Gasteiger partial charge in [0.2, 0.25) is 6.41 Å². The number of amides is 1. The Morgan fingerprint density at radius 3 is 2.62 bits per heavy atom. The molecule has 0 radical (unpaired) electrons. The molecule has 1 N–H and O–H groups in total. The molecule has 1 aliphatic heterocycles. The predicted octanol–water partition coefficient (Wildman–Crippen LogP) is 0.537. The van der Waals surface area contributed by atoms with Gasteiger partial charge in [-0.3, -0.25) is 9.63 Å². The fourth-order valence-electron chi connectivity index (χ4n) is 1.35. The fraction of sp³-hybridized carbons (Fsp3) is 0.889. The predicted molar refractivity (Wildman–Crippen MR) is 50.0 cm³/mol. The number of nitrogens with zero attached hydrogens (tertiary/aromatic N) is 1. The molecule has 1 heterocycles. The van der Waals surface area contributed by atoms with Gasteiger partial charge >= 0.3 is 0 Å². The minimum absolute atomic E-state index is 0.191. The summed E-state index contributed by atoms with van der Waals surface area (Å²) in [6, 6.07) is 0.191. The lowest BCUT2D eigenvalue weighted by Crippen LogP contribution is -2.41. The lowest BCUT2D eigenvalue weighted by atomic mass is 10.2. The second-order valence-corrected chi connectivity index (χ2v) is 4.32. The van der Waals surface area contributed by atoms with Crippen LogP contribution in [0.1, 0.15) is 27.2 Å². The van der Waals surface area contributed by atoms with Gasteiger partial charge in [0, 0.05) is 6.54 Å². The van der Waals surface area contributed by atoms with E-state index in [1.165, 1.54) is 5.06 Å². The first-order chi connectivity index (χ1) is 6.03. The van der Waals surface area contributed by atoms with Crippen molar-refractivity contribution in [1.29, 1.82) is 0 Å². The number of hydrogen-bond acceptors (Lipinski definition) is 3. The molecular formula is C9H18N2O2. The van der Waals surface area contributed by atoms with E-state index in [9.17, 15) is 4.79 Å². The lowest BCUT2D eigenvalue weighted by Gasteiger charge is -2.30. The van der Waals surface area contributed by atoms with E-state index in [1.807, 2.05) is 20.8 Å². The van der Waals surface area contributed by atoms with Crippen LogP contribution in [-0.4, -0.2) is 36.2 Å². The maximum absolute atomic E-state index is 10.7. The lowest BCUT2D eigenvalue weighted by molar-refractivity contribution is -0.229. The Balaban J connectivity index is 2.46. The first-order valence-electron chi connectivity index (χ1n) is 4.66. The Kier molecular flexibility index (Phi) is 3.27. The molecule has 0 aromatic rings. The van der Waals surface area contributed by atoms with Crippen molar-refractivity contribution in [3.05, 3.63) is 0 Å². The molecule has 0 aliphatic carbocycles. The third-order valence-electron chi connectivity index (χ3n) is 1.88. The van der Waals surface area contributed by atoms with Crippen LogP contribution in [0.25, 0.3) is 0 Å². The highest BCUT2D eigenvalue weighted by Gasteiger charge is 2.25. The molecular weight excluding hydrogens is 168 g/mol. The van der Waals surface area contributed by atoms with E-state index in [0.29, 0.717) is 0 Å². The largest absolute Gasteiger partial charge is 0.315 e. The summed E-state index contributed by atoms with van der Waals surface area (Å²) in [6.45, 7) is 7.60. The van der Waals surface area contributed by atoms with Crippen LogP contribution in [0.4, 0.5) is 0 Å². The summed E-state index contributed by atoms with van der Waals surface area (Å²) < 4.78 is 0. The molecule has 0 spiro atoms. The second-order valence-electron chi connectivity index (χ2n) is 4.32. The van der Waals surface area contributed by atoms with Crippen LogP contribution in [0, 0.1) is 0 Å². The van der Waals surface area contributed by atoms with Gasteiger partial charge < -0.3 is 5.32 Å². The highest BCUT2D eigenvalue weighted by Crippen LogP contribution is 2.14. The standard InChI is InChI=1S/C9H18N2O2/c1-9(2,3)13-11(7-12)8-4-5-10-6-8/h7-8,10H,4-6H2,1-3H3/t8-/m0/s1. The molecule has 1 atom stereocenters. The maximum Gasteiger partial charge on any atom is 0.233 e. The van der Waals surface area contributed by atoms with Gasteiger partial charge in [-0.05, 0) is 33.7 Å². The molecule has 4 nitrogen and oxygen atoms in total. The molecule has 0 bridgehead atoms. The second kappa shape index (κ2) is 4.07. The van der Waals surface area contributed by atoms with Crippen LogP contribution in [0.2, 0.25) is 0 Å². The van der Waals surface area contributed by atoms with Crippen LogP contribution in [0.15, 0.2) is 0 Å². The number of carbonyl (C=O) groups is 1.